The molecule has 0 bridgehead atoms. The predicted octanol–water partition coefficient (Wildman–Crippen LogP) is 3.45. The second-order valence-electron chi connectivity index (χ2n) is 15.5. The highest BCUT2D eigenvalue weighted by molar-refractivity contribution is 5.85. The highest BCUT2D eigenvalue weighted by atomic mass is 16.7. The Morgan fingerprint density at radius 3 is 2.17 bits per heavy atom. The highest BCUT2D eigenvalue weighted by Crippen LogP contribution is 2.69. The summed E-state index contributed by atoms with van der Waals surface area (Å²) in [7, 11) is 0. The number of hydrogen-bond donors (Lipinski definition) is 1. The molecule has 5 aliphatic rings. The van der Waals surface area contributed by atoms with Crippen LogP contribution in [0.15, 0.2) is 39.3 Å². The number of ketones is 1. The van der Waals surface area contributed by atoms with Crippen molar-refractivity contribution in [3.8, 4) is 0 Å². The molecule has 6 rings (SSSR count). The van der Waals surface area contributed by atoms with Crippen LogP contribution in [0.5, 0.6) is 0 Å². The van der Waals surface area contributed by atoms with E-state index in [1.165, 1.54) is 26.2 Å². The minimum atomic E-state index is -1.35. The molecule has 1 N–H and O–H groups in total. The molecule has 3 saturated carbocycles. The lowest BCUT2D eigenvalue weighted by Crippen LogP contribution is -2.64. The van der Waals surface area contributed by atoms with E-state index in [0.29, 0.717) is 38.5 Å². The molecule has 1 aromatic heterocycles. The van der Waals surface area contributed by atoms with Gasteiger partial charge in [-0.15, -0.1) is 0 Å². The molecule has 1 aliphatic heterocycles. The Morgan fingerprint density at radius 1 is 0.865 bits per heavy atom. The summed E-state index contributed by atoms with van der Waals surface area (Å²) in [4.78, 5) is 74.4. The highest BCUT2D eigenvalue weighted by Gasteiger charge is 2.69. The van der Waals surface area contributed by atoms with Crippen molar-refractivity contribution in [2.24, 2.45) is 22.7 Å². The van der Waals surface area contributed by atoms with Crippen LogP contribution in [0.4, 0.5) is 0 Å². The summed E-state index contributed by atoms with van der Waals surface area (Å²) < 4.78 is 39.6. The number of Topliss-reactive ketones (excluding diaryl/α,β-unsaturated/α-hetero) is 1. The molecule has 14 heteroatoms. The van der Waals surface area contributed by atoms with Crippen molar-refractivity contribution in [3.05, 3.63) is 46.0 Å². The van der Waals surface area contributed by atoms with E-state index in [2.05, 4.69) is 6.92 Å². The van der Waals surface area contributed by atoms with E-state index in [0.717, 1.165) is 25.0 Å². The number of carbonyl (C=O) groups excluding carboxylic acids is 5. The van der Waals surface area contributed by atoms with Gasteiger partial charge in [0.05, 0.1) is 18.0 Å². The van der Waals surface area contributed by atoms with E-state index in [1.807, 2.05) is 13.0 Å². The van der Waals surface area contributed by atoms with Gasteiger partial charge in [-0.1, -0.05) is 25.5 Å². The van der Waals surface area contributed by atoms with Gasteiger partial charge in [0, 0.05) is 51.5 Å². The van der Waals surface area contributed by atoms with Crippen LogP contribution in [-0.4, -0.2) is 83.8 Å². The first-order valence-electron chi connectivity index (χ1n) is 18.0. The van der Waals surface area contributed by atoms with Crippen LogP contribution in [0.2, 0.25) is 0 Å². The van der Waals surface area contributed by atoms with E-state index in [9.17, 15) is 33.9 Å². The Morgan fingerprint density at radius 2 is 1.54 bits per heavy atom. The van der Waals surface area contributed by atoms with E-state index in [1.54, 1.807) is 6.07 Å². The standard InChI is InChI=1S/C38H48O14/c1-19(39)46-18-29-32(48-20(2)40)33(49-21(3)41)34(50-22(4)42)35(52-29)51-25-11-13-36(5)24(15-25)8-9-27-31(36)28(43)16-37(6)26(12-14-38(27,37)45)23-7-10-30(44)47-17-23/h7,10,15,17,25-27,29,31-35,45H,8-9,11-14,16,18H2,1-6H3/t25-,26+,27+,29+,31+,32+,33-,34+,35+,36-,37+,38-/m0/s1. The van der Waals surface area contributed by atoms with Crippen molar-refractivity contribution in [1.82, 2.24) is 0 Å². The maximum absolute atomic E-state index is 14.3. The molecule has 2 heterocycles. The van der Waals surface area contributed by atoms with Gasteiger partial charge in [-0.05, 0) is 67.4 Å². The summed E-state index contributed by atoms with van der Waals surface area (Å²) in [6.07, 6.45) is 0.0240. The normalized spacial score (nSPS) is 39.6. The van der Waals surface area contributed by atoms with Crippen LogP contribution in [0.3, 0.4) is 0 Å². The topological polar surface area (TPSA) is 191 Å². The number of ether oxygens (including phenoxy) is 6. The number of fused-ring (bicyclic) bond motifs is 5. The smallest absolute Gasteiger partial charge is 0.335 e. The van der Waals surface area contributed by atoms with Crippen LogP contribution in [0.25, 0.3) is 0 Å². The average molecular weight is 729 g/mol. The van der Waals surface area contributed by atoms with Crippen LogP contribution in [0, 0.1) is 22.7 Å². The predicted molar refractivity (Wildman–Crippen MR) is 178 cm³/mol. The fraction of sp³-hybridized carbons (Fsp3) is 0.684. The summed E-state index contributed by atoms with van der Waals surface area (Å²) in [5.74, 6) is -3.52. The van der Waals surface area contributed by atoms with Gasteiger partial charge >= 0.3 is 29.5 Å². The summed E-state index contributed by atoms with van der Waals surface area (Å²) in [5.41, 5.74) is -0.978. The Hall–Kier alpha value is -3.88. The van der Waals surface area contributed by atoms with Crippen molar-refractivity contribution < 1.29 is 61.9 Å². The van der Waals surface area contributed by atoms with Crippen molar-refractivity contribution >= 4 is 29.7 Å². The lowest BCUT2D eigenvalue weighted by atomic mass is 9.44. The van der Waals surface area contributed by atoms with Gasteiger partial charge in [-0.2, -0.15) is 0 Å². The second kappa shape index (κ2) is 14.2. The van der Waals surface area contributed by atoms with Crippen LogP contribution in [0.1, 0.15) is 98.0 Å². The molecule has 284 valence electrons. The zero-order valence-corrected chi connectivity index (χ0v) is 30.4. The number of aliphatic hydroxyl groups is 1. The zero-order chi connectivity index (χ0) is 37.7. The molecule has 1 aromatic rings. The molecule has 4 fully saturated rings. The molecule has 52 heavy (non-hydrogen) atoms. The first-order chi connectivity index (χ1) is 24.5. The quantitative estimate of drug-likeness (QED) is 0.233. The monoisotopic (exact) mass is 728 g/mol. The second-order valence-corrected chi connectivity index (χ2v) is 15.5. The van der Waals surface area contributed by atoms with E-state index < -0.39 is 88.7 Å². The van der Waals surface area contributed by atoms with E-state index in [-0.39, 0.29) is 30.6 Å². The molecule has 1 saturated heterocycles. The molecule has 0 radical (unpaired) electrons. The number of esters is 4. The molecule has 12 atom stereocenters. The molecule has 0 amide bonds. The molecular weight excluding hydrogens is 680 g/mol. The minimum Gasteiger partial charge on any atom is -0.463 e. The average Bonchev–Trinajstić information content (AvgIpc) is 3.33. The number of rotatable bonds is 8. The SMILES string of the molecule is CC(=O)OC[C@H]1O[C@@H](O[C@@H]2C=C3CC[C@@H]4[C@H](C(=O)C[C@]5(C)[C@@H](c6ccc(=O)oc6)CC[C@]45O)[C@@]3(C)CC2)[C@H](OC(C)=O)[C@@H](OC(C)=O)[C@@H]1OC(C)=O. The van der Waals surface area contributed by atoms with Crippen LogP contribution in [-0.2, 0) is 52.4 Å². The largest absolute Gasteiger partial charge is 0.463 e. The van der Waals surface area contributed by atoms with E-state index >= 15 is 0 Å². The summed E-state index contributed by atoms with van der Waals surface area (Å²) >= 11 is 0. The maximum atomic E-state index is 14.3. The number of carbonyl (C=O) groups is 5. The van der Waals surface area contributed by atoms with Crippen molar-refractivity contribution in [2.75, 3.05) is 6.61 Å². The molecule has 4 aliphatic carbocycles. The zero-order valence-electron chi connectivity index (χ0n) is 30.4. The van der Waals surface area contributed by atoms with Crippen molar-refractivity contribution in [2.45, 2.75) is 135 Å². The molecule has 0 spiro atoms. The fourth-order valence-corrected chi connectivity index (χ4v) is 10.1. The maximum Gasteiger partial charge on any atom is 0.335 e. The van der Waals surface area contributed by atoms with Gasteiger partial charge in [-0.3, -0.25) is 24.0 Å². The van der Waals surface area contributed by atoms with Gasteiger partial charge in [0.2, 0.25) is 0 Å². The van der Waals surface area contributed by atoms with Crippen LogP contribution >= 0.6 is 0 Å². The Labute approximate surface area is 301 Å². The summed E-state index contributed by atoms with van der Waals surface area (Å²) in [6.45, 7) is 8.40. The van der Waals surface area contributed by atoms with Gasteiger partial charge in [0.1, 0.15) is 18.5 Å². The molecular formula is C38H48O14. The number of hydrogen-bond acceptors (Lipinski definition) is 14. The molecule has 14 nitrogen and oxygen atoms in total. The lowest BCUT2D eigenvalue weighted by Gasteiger charge is -2.60. The Bertz CT molecular complexity index is 1680. The third kappa shape index (κ3) is 6.73. The minimum absolute atomic E-state index is 0.105. The first kappa shape index (κ1) is 37.9. The van der Waals surface area contributed by atoms with Crippen molar-refractivity contribution in [1.29, 1.82) is 0 Å². The Kier molecular flexibility index (Phi) is 10.3. The summed E-state index contributed by atoms with van der Waals surface area (Å²) in [6, 6.07) is 3.12. The van der Waals surface area contributed by atoms with Gasteiger partial charge in [-0.25, -0.2) is 4.79 Å². The fourth-order valence-electron chi connectivity index (χ4n) is 10.1. The van der Waals surface area contributed by atoms with Gasteiger partial charge in [0.15, 0.2) is 24.6 Å². The van der Waals surface area contributed by atoms with Crippen molar-refractivity contribution in [3.63, 3.8) is 0 Å². The van der Waals surface area contributed by atoms with Gasteiger partial charge < -0.3 is 37.9 Å². The number of allylic oxidation sites excluding steroid dienone is 1. The lowest BCUT2D eigenvalue weighted by molar-refractivity contribution is -0.314. The Balaban J connectivity index is 1.26. The van der Waals surface area contributed by atoms with Crippen LogP contribution < -0.4 is 5.63 Å². The summed E-state index contributed by atoms with van der Waals surface area (Å²) in [5, 5.41) is 12.6. The third-order valence-electron chi connectivity index (χ3n) is 12.3. The third-order valence-corrected chi connectivity index (χ3v) is 12.3. The van der Waals surface area contributed by atoms with Gasteiger partial charge in [0.25, 0.3) is 0 Å². The molecule has 0 unspecified atom stereocenters. The van der Waals surface area contributed by atoms with E-state index in [4.69, 9.17) is 32.8 Å². The molecule has 0 aromatic carbocycles. The first-order valence-corrected chi connectivity index (χ1v) is 18.0.